The van der Waals surface area contributed by atoms with Gasteiger partial charge in [-0.3, -0.25) is 4.99 Å². The van der Waals surface area contributed by atoms with Crippen molar-refractivity contribution in [2.24, 2.45) is 10.4 Å². The molecule has 25 heavy (non-hydrogen) atoms. The lowest BCUT2D eigenvalue weighted by molar-refractivity contribution is 0.594. The van der Waals surface area contributed by atoms with Crippen molar-refractivity contribution in [2.45, 2.75) is 68.2 Å². The number of aliphatic imine (C=N–C) groups is 1. The summed E-state index contributed by atoms with van der Waals surface area (Å²) in [5.74, 6) is 0. The van der Waals surface area contributed by atoms with Crippen LogP contribution in [0.3, 0.4) is 0 Å². The molecule has 0 saturated heterocycles. The molecule has 1 aliphatic carbocycles. The first-order valence-electron chi connectivity index (χ1n) is 9.69. The Hall–Kier alpha value is -1.89. The van der Waals surface area contributed by atoms with Gasteiger partial charge in [-0.15, -0.1) is 0 Å². The van der Waals surface area contributed by atoms with Crippen LogP contribution in [0, 0.1) is 5.41 Å². The second-order valence-electron chi connectivity index (χ2n) is 6.46. The van der Waals surface area contributed by atoms with Crippen LogP contribution in [0.2, 0.25) is 0 Å². The van der Waals surface area contributed by atoms with Gasteiger partial charge in [-0.1, -0.05) is 84.9 Å². The topological polar surface area (TPSA) is 12.4 Å². The summed E-state index contributed by atoms with van der Waals surface area (Å²) < 4.78 is 0. The van der Waals surface area contributed by atoms with E-state index in [-0.39, 0.29) is 5.41 Å². The lowest BCUT2D eigenvalue weighted by Crippen LogP contribution is -2.17. The third kappa shape index (κ3) is 8.16. The molecular formula is C24H37N. The van der Waals surface area contributed by atoms with Crippen LogP contribution in [0.15, 0.2) is 59.6 Å². The average molecular weight is 340 g/mol. The SMILES string of the molecule is C/C=C\C(=Nc1cccc(C2=CC=CCC2)c1)C(C)(C)C.CC.CC. The van der Waals surface area contributed by atoms with Gasteiger partial charge in [0.2, 0.25) is 0 Å². The van der Waals surface area contributed by atoms with Gasteiger partial charge in [-0.2, -0.15) is 0 Å². The quantitative estimate of drug-likeness (QED) is 0.492. The lowest BCUT2D eigenvalue weighted by Gasteiger charge is -2.19. The summed E-state index contributed by atoms with van der Waals surface area (Å²) in [6.45, 7) is 16.6. The van der Waals surface area contributed by atoms with E-state index in [0.29, 0.717) is 0 Å². The first-order chi connectivity index (χ1) is 12.0. The van der Waals surface area contributed by atoms with Gasteiger partial charge in [0.15, 0.2) is 0 Å². The molecule has 0 spiro atoms. The van der Waals surface area contributed by atoms with Crippen molar-refractivity contribution >= 4 is 17.0 Å². The molecule has 0 aromatic heterocycles. The Balaban J connectivity index is 0.00000134. The summed E-state index contributed by atoms with van der Waals surface area (Å²) in [5, 5.41) is 0. The van der Waals surface area contributed by atoms with E-state index in [4.69, 9.17) is 4.99 Å². The van der Waals surface area contributed by atoms with Crippen LogP contribution in [-0.2, 0) is 0 Å². The number of hydrogen-bond donors (Lipinski definition) is 0. The highest BCUT2D eigenvalue weighted by Crippen LogP contribution is 2.28. The largest absolute Gasteiger partial charge is 0.253 e. The summed E-state index contributed by atoms with van der Waals surface area (Å²) in [5.41, 5.74) is 4.88. The Morgan fingerprint density at radius 3 is 2.28 bits per heavy atom. The van der Waals surface area contributed by atoms with Crippen molar-refractivity contribution in [1.82, 2.24) is 0 Å². The van der Waals surface area contributed by atoms with Crippen LogP contribution in [-0.4, -0.2) is 5.71 Å². The molecule has 0 amide bonds. The van der Waals surface area contributed by atoms with Crippen molar-refractivity contribution in [2.75, 3.05) is 0 Å². The first-order valence-corrected chi connectivity index (χ1v) is 9.69. The fraction of sp³-hybridized carbons (Fsp3) is 0.458. The molecule has 0 N–H and O–H groups in total. The van der Waals surface area contributed by atoms with Crippen molar-refractivity contribution in [3.63, 3.8) is 0 Å². The van der Waals surface area contributed by atoms with E-state index >= 15 is 0 Å². The van der Waals surface area contributed by atoms with Gasteiger partial charge in [-0.05, 0) is 49.1 Å². The second kappa shape index (κ2) is 12.5. The van der Waals surface area contributed by atoms with E-state index in [2.05, 4.69) is 75.4 Å². The molecule has 0 aliphatic heterocycles. The maximum Gasteiger partial charge on any atom is 0.0639 e. The zero-order chi connectivity index (χ0) is 19.3. The highest BCUT2D eigenvalue weighted by molar-refractivity contribution is 6.00. The number of allylic oxidation sites excluding steroid dienone is 6. The molecule has 1 aromatic carbocycles. The first kappa shape index (κ1) is 23.1. The minimum atomic E-state index is 0.0510. The molecule has 2 rings (SSSR count). The van der Waals surface area contributed by atoms with Crippen molar-refractivity contribution in [1.29, 1.82) is 0 Å². The molecular weight excluding hydrogens is 302 g/mol. The Morgan fingerprint density at radius 1 is 1.08 bits per heavy atom. The molecule has 1 aromatic rings. The van der Waals surface area contributed by atoms with Crippen molar-refractivity contribution in [3.8, 4) is 0 Å². The molecule has 138 valence electrons. The van der Waals surface area contributed by atoms with Gasteiger partial charge in [0.25, 0.3) is 0 Å². The van der Waals surface area contributed by atoms with E-state index in [1.165, 1.54) is 11.1 Å². The van der Waals surface area contributed by atoms with Crippen LogP contribution in [0.4, 0.5) is 5.69 Å². The number of nitrogens with zero attached hydrogens (tertiary/aromatic N) is 1. The molecule has 0 radical (unpaired) electrons. The van der Waals surface area contributed by atoms with E-state index in [1.807, 2.05) is 34.6 Å². The highest BCUT2D eigenvalue weighted by Gasteiger charge is 2.16. The molecule has 0 unspecified atom stereocenters. The maximum absolute atomic E-state index is 4.86. The van der Waals surface area contributed by atoms with Gasteiger partial charge in [0.05, 0.1) is 5.69 Å². The summed E-state index contributed by atoms with van der Waals surface area (Å²) in [6, 6.07) is 8.55. The van der Waals surface area contributed by atoms with Crippen LogP contribution < -0.4 is 0 Å². The van der Waals surface area contributed by atoms with E-state index in [9.17, 15) is 0 Å². The molecule has 0 fully saturated rings. The van der Waals surface area contributed by atoms with Gasteiger partial charge in [-0.25, -0.2) is 0 Å². The van der Waals surface area contributed by atoms with Gasteiger partial charge in [0.1, 0.15) is 0 Å². The van der Waals surface area contributed by atoms with E-state index < -0.39 is 0 Å². The van der Waals surface area contributed by atoms with Crippen LogP contribution in [0.1, 0.15) is 73.8 Å². The predicted octanol–water partition coefficient (Wildman–Crippen LogP) is 8.17. The van der Waals surface area contributed by atoms with Crippen LogP contribution in [0.5, 0.6) is 0 Å². The van der Waals surface area contributed by atoms with E-state index in [1.54, 1.807) is 0 Å². The summed E-state index contributed by atoms with van der Waals surface area (Å²) in [6.07, 6.45) is 13.0. The minimum absolute atomic E-state index is 0.0510. The molecule has 0 bridgehead atoms. The number of rotatable bonds is 3. The summed E-state index contributed by atoms with van der Waals surface area (Å²) >= 11 is 0. The predicted molar refractivity (Wildman–Crippen MR) is 117 cm³/mol. The molecule has 0 heterocycles. The normalized spacial score (nSPS) is 14.2. The zero-order valence-corrected chi connectivity index (χ0v) is 17.6. The Kier molecular flexibility index (Phi) is 11.5. The van der Waals surface area contributed by atoms with Crippen LogP contribution >= 0.6 is 0 Å². The fourth-order valence-corrected chi connectivity index (χ4v) is 2.37. The third-order valence-corrected chi connectivity index (χ3v) is 3.57. The smallest absolute Gasteiger partial charge is 0.0639 e. The lowest BCUT2D eigenvalue weighted by atomic mass is 9.89. The standard InChI is InChI=1S/C20H25N.2C2H6/c1-5-10-19(20(2,3)4)21-18-14-9-13-17(15-18)16-11-7-6-8-12-16;2*1-2/h5-7,9-11,13-15H,8,12H2,1-4H3;2*1-2H3/b10-5-,21-19?;;. The summed E-state index contributed by atoms with van der Waals surface area (Å²) in [7, 11) is 0. The fourth-order valence-electron chi connectivity index (χ4n) is 2.37. The number of hydrogen-bond acceptors (Lipinski definition) is 1. The molecule has 0 saturated carbocycles. The maximum atomic E-state index is 4.86. The van der Waals surface area contributed by atoms with Gasteiger partial charge < -0.3 is 0 Å². The highest BCUT2D eigenvalue weighted by atomic mass is 14.8. The average Bonchev–Trinajstić information content (AvgIpc) is 2.65. The van der Waals surface area contributed by atoms with Crippen LogP contribution in [0.25, 0.3) is 5.57 Å². The summed E-state index contributed by atoms with van der Waals surface area (Å²) in [4.78, 5) is 4.86. The van der Waals surface area contributed by atoms with Crippen molar-refractivity contribution in [3.05, 3.63) is 60.2 Å². The third-order valence-electron chi connectivity index (χ3n) is 3.57. The van der Waals surface area contributed by atoms with E-state index in [0.717, 1.165) is 24.2 Å². The Labute approximate surface area is 156 Å². The monoisotopic (exact) mass is 339 g/mol. The Bertz CT molecular complexity index is 607. The van der Waals surface area contributed by atoms with Gasteiger partial charge in [0, 0.05) is 11.1 Å². The van der Waals surface area contributed by atoms with Gasteiger partial charge >= 0.3 is 0 Å². The zero-order valence-electron chi connectivity index (χ0n) is 17.6. The number of benzene rings is 1. The molecule has 0 atom stereocenters. The molecule has 1 heteroatoms. The minimum Gasteiger partial charge on any atom is -0.253 e. The molecule has 1 aliphatic rings. The second-order valence-corrected chi connectivity index (χ2v) is 6.46. The molecule has 1 nitrogen and oxygen atoms in total. The Morgan fingerprint density at radius 2 is 1.76 bits per heavy atom. The van der Waals surface area contributed by atoms with Crippen molar-refractivity contribution < 1.29 is 0 Å².